The van der Waals surface area contributed by atoms with Crippen molar-refractivity contribution < 1.29 is 4.74 Å². The minimum Gasteiger partial charge on any atom is -0.369 e. The third-order valence-electron chi connectivity index (χ3n) is 4.06. The standard InChI is InChI=1S/C17H24BrClO/c1-12-7-15(10-17(2,3)9-12)20-16(11-18)13-5-4-6-14(19)8-13/h4-6,8,12,15-16H,7,9-11H2,1-3H3. The van der Waals surface area contributed by atoms with Crippen molar-refractivity contribution in [3.63, 3.8) is 0 Å². The lowest BCUT2D eigenvalue weighted by Gasteiger charge is -2.40. The predicted octanol–water partition coefficient (Wildman–Crippen LogP) is 6.01. The van der Waals surface area contributed by atoms with Gasteiger partial charge in [0.05, 0.1) is 12.2 Å². The predicted molar refractivity (Wildman–Crippen MR) is 89.7 cm³/mol. The van der Waals surface area contributed by atoms with E-state index in [1.807, 2.05) is 18.2 Å². The highest BCUT2D eigenvalue weighted by molar-refractivity contribution is 9.09. The van der Waals surface area contributed by atoms with Crippen molar-refractivity contribution in [2.24, 2.45) is 11.3 Å². The summed E-state index contributed by atoms with van der Waals surface area (Å²) in [5, 5.41) is 1.58. The SMILES string of the molecule is CC1CC(OC(CBr)c2cccc(Cl)c2)CC(C)(C)C1. The van der Waals surface area contributed by atoms with Crippen molar-refractivity contribution in [3.05, 3.63) is 34.9 Å². The number of hydrogen-bond donors (Lipinski definition) is 0. The van der Waals surface area contributed by atoms with Gasteiger partial charge in [-0.2, -0.15) is 0 Å². The van der Waals surface area contributed by atoms with Crippen molar-refractivity contribution in [1.29, 1.82) is 0 Å². The molecule has 20 heavy (non-hydrogen) atoms. The van der Waals surface area contributed by atoms with Crippen LogP contribution >= 0.6 is 27.5 Å². The van der Waals surface area contributed by atoms with Gasteiger partial charge in [-0.3, -0.25) is 0 Å². The maximum absolute atomic E-state index is 6.38. The first-order valence-electron chi connectivity index (χ1n) is 7.36. The van der Waals surface area contributed by atoms with Crippen molar-refractivity contribution in [1.82, 2.24) is 0 Å². The van der Waals surface area contributed by atoms with Crippen LogP contribution < -0.4 is 0 Å². The highest BCUT2D eigenvalue weighted by Gasteiger charge is 2.33. The first kappa shape index (κ1) is 16.3. The first-order valence-corrected chi connectivity index (χ1v) is 8.86. The molecule has 0 aromatic heterocycles. The molecule has 1 nitrogen and oxygen atoms in total. The molecule has 0 saturated heterocycles. The molecule has 0 bridgehead atoms. The molecule has 0 aliphatic heterocycles. The lowest BCUT2D eigenvalue weighted by molar-refractivity contribution is -0.0579. The highest BCUT2D eigenvalue weighted by atomic mass is 79.9. The van der Waals surface area contributed by atoms with Crippen LogP contribution in [0.5, 0.6) is 0 Å². The first-order chi connectivity index (χ1) is 9.39. The Morgan fingerprint density at radius 2 is 2.15 bits per heavy atom. The van der Waals surface area contributed by atoms with Gasteiger partial charge in [-0.05, 0) is 48.3 Å². The Balaban J connectivity index is 2.06. The quantitative estimate of drug-likeness (QED) is 0.598. The number of ether oxygens (including phenoxy) is 1. The van der Waals surface area contributed by atoms with Gasteiger partial charge in [0, 0.05) is 10.4 Å². The topological polar surface area (TPSA) is 9.23 Å². The Bertz CT molecular complexity index is 446. The fraction of sp³-hybridized carbons (Fsp3) is 0.647. The smallest absolute Gasteiger partial charge is 0.0925 e. The van der Waals surface area contributed by atoms with Gasteiger partial charge in [0.15, 0.2) is 0 Å². The van der Waals surface area contributed by atoms with E-state index in [4.69, 9.17) is 16.3 Å². The van der Waals surface area contributed by atoms with Crippen LogP contribution in [0.3, 0.4) is 0 Å². The Hall–Kier alpha value is -0.0500. The Morgan fingerprint density at radius 3 is 2.75 bits per heavy atom. The summed E-state index contributed by atoms with van der Waals surface area (Å²) in [6.07, 6.45) is 4.02. The number of alkyl halides is 1. The van der Waals surface area contributed by atoms with E-state index in [1.165, 1.54) is 6.42 Å². The van der Waals surface area contributed by atoms with Crippen LogP contribution in [0.1, 0.15) is 51.7 Å². The molecule has 112 valence electrons. The molecule has 3 unspecified atom stereocenters. The minimum atomic E-state index is 0.0831. The maximum Gasteiger partial charge on any atom is 0.0925 e. The molecule has 1 aromatic carbocycles. The van der Waals surface area contributed by atoms with Crippen LogP contribution in [0.4, 0.5) is 0 Å². The second-order valence-electron chi connectivity index (χ2n) is 6.87. The van der Waals surface area contributed by atoms with Crippen LogP contribution in [0.2, 0.25) is 5.02 Å². The average molecular weight is 360 g/mol. The van der Waals surface area contributed by atoms with Gasteiger partial charge >= 0.3 is 0 Å². The fourth-order valence-corrected chi connectivity index (χ4v) is 4.23. The lowest BCUT2D eigenvalue weighted by Crippen LogP contribution is -2.33. The summed E-state index contributed by atoms with van der Waals surface area (Å²) in [6, 6.07) is 7.99. The van der Waals surface area contributed by atoms with E-state index in [1.54, 1.807) is 0 Å². The molecule has 0 N–H and O–H groups in total. The van der Waals surface area contributed by atoms with Gasteiger partial charge < -0.3 is 4.74 Å². The second-order valence-corrected chi connectivity index (χ2v) is 7.95. The molecule has 1 fully saturated rings. The van der Waals surface area contributed by atoms with E-state index in [2.05, 4.69) is 42.8 Å². The third-order valence-corrected chi connectivity index (χ3v) is 4.89. The molecule has 1 saturated carbocycles. The zero-order valence-electron chi connectivity index (χ0n) is 12.5. The average Bonchev–Trinajstić information content (AvgIpc) is 2.33. The monoisotopic (exact) mass is 358 g/mol. The fourth-order valence-electron chi connectivity index (χ4n) is 3.51. The highest BCUT2D eigenvalue weighted by Crippen LogP contribution is 2.41. The molecule has 0 heterocycles. The van der Waals surface area contributed by atoms with E-state index in [9.17, 15) is 0 Å². The second kappa shape index (κ2) is 6.81. The Labute approximate surface area is 136 Å². The number of halogens is 2. The molecule has 1 aliphatic rings. The molecule has 1 aliphatic carbocycles. The molecule has 0 radical (unpaired) electrons. The summed E-state index contributed by atoms with van der Waals surface area (Å²) in [6.45, 7) is 7.03. The maximum atomic E-state index is 6.38. The van der Waals surface area contributed by atoms with Gasteiger partial charge in [-0.15, -0.1) is 0 Å². The molecular formula is C17H24BrClO. The number of rotatable bonds is 4. The molecule has 0 spiro atoms. The van der Waals surface area contributed by atoms with Crippen LogP contribution in [0, 0.1) is 11.3 Å². The van der Waals surface area contributed by atoms with Crippen molar-refractivity contribution in [3.8, 4) is 0 Å². The summed E-state index contributed by atoms with van der Waals surface area (Å²) in [5.74, 6) is 0.735. The normalized spacial score (nSPS) is 27.2. The van der Waals surface area contributed by atoms with Gasteiger partial charge in [0.1, 0.15) is 0 Å². The van der Waals surface area contributed by atoms with Crippen LogP contribution in [0.15, 0.2) is 24.3 Å². The third kappa shape index (κ3) is 4.47. The van der Waals surface area contributed by atoms with E-state index in [0.29, 0.717) is 11.5 Å². The molecule has 1 aromatic rings. The zero-order chi connectivity index (χ0) is 14.8. The van der Waals surface area contributed by atoms with Crippen molar-refractivity contribution in [2.45, 2.75) is 52.2 Å². The summed E-state index contributed by atoms with van der Waals surface area (Å²) >= 11 is 9.67. The van der Waals surface area contributed by atoms with Gasteiger partial charge in [-0.25, -0.2) is 0 Å². The molecule has 0 amide bonds. The van der Waals surface area contributed by atoms with Crippen LogP contribution in [-0.2, 0) is 4.74 Å². The van der Waals surface area contributed by atoms with Crippen molar-refractivity contribution in [2.75, 3.05) is 5.33 Å². The van der Waals surface area contributed by atoms with Crippen LogP contribution in [-0.4, -0.2) is 11.4 Å². The summed E-state index contributed by atoms with van der Waals surface area (Å²) in [5.41, 5.74) is 1.54. The minimum absolute atomic E-state index is 0.0831. The lowest BCUT2D eigenvalue weighted by atomic mass is 9.71. The molecule has 3 atom stereocenters. The van der Waals surface area contributed by atoms with Gasteiger partial charge in [0.25, 0.3) is 0 Å². The largest absolute Gasteiger partial charge is 0.369 e. The van der Waals surface area contributed by atoms with E-state index >= 15 is 0 Å². The van der Waals surface area contributed by atoms with Gasteiger partial charge in [-0.1, -0.05) is 60.4 Å². The van der Waals surface area contributed by atoms with Gasteiger partial charge in [0.2, 0.25) is 0 Å². The molecular weight excluding hydrogens is 336 g/mol. The number of benzene rings is 1. The Morgan fingerprint density at radius 1 is 1.40 bits per heavy atom. The summed E-state index contributed by atoms with van der Waals surface area (Å²) in [4.78, 5) is 0. The van der Waals surface area contributed by atoms with Crippen LogP contribution in [0.25, 0.3) is 0 Å². The summed E-state index contributed by atoms with van der Waals surface area (Å²) in [7, 11) is 0. The molecule has 2 rings (SSSR count). The van der Waals surface area contributed by atoms with E-state index in [0.717, 1.165) is 34.7 Å². The number of hydrogen-bond acceptors (Lipinski definition) is 1. The molecule has 3 heteroatoms. The Kier molecular flexibility index (Phi) is 5.56. The van der Waals surface area contributed by atoms with E-state index < -0.39 is 0 Å². The zero-order valence-corrected chi connectivity index (χ0v) is 14.9. The van der Waals surface area contributed by atoms with E-state index in [-0.39, 0.29) is 6.10 Å². The summed E-state index contributed by atoms with van der Waals surface area (Å²) < 4.78 is 6.38. The van der Waals surface area contributed by atoms with Crippen molar-refractivity contribution >= 4 is 27.5 Å².